The van der Waals surface area contributed by atoms with Gasteiger partial charge in [0.1, 0.15) is 0 Å². The summed E-state index contributed by atoms with van der Waals surface area (Å²) in [6.07, 6.45) is 2.84. The molecule has 2 saturated heterocycles. The van der Waals surface area contributed by atoms with Crippen LogP contribution in [0.2, 0.25) is 4.34 Å². The van der Waals surface area contributed by atoms with E-state index in [2.05, 4.69) is 16.3 Å². The number of nitrogens with one attached hydrogen (secondary N) is 1. The molecule has 18 heavy (non-hydrogen) atoms. The van der Waals surface area contributed by atoms with Gasteiger partial charge in [-0.1, -0.05) is 11.6 Å². The van der Waals surface area contributed by atoms with Crippen molar-refractivity contribution in [2.75, 3.05) is 26.7 Å². The van der Waals surface area contributed by atoms with Crippen LogP contribution < -0.4 is 5.32 Å². The Morgan fingerprint density at radius 2 is 2.44 bits per heavy atom. The van der Waals surface area contributed by atoms with E-state index in [1.165, 1.54) is 24.3 Å². The quantitative estimate of drug-likeness (QED) is 0.924. The maximum absolute atomic E-state index is 6.07. The summed E-state index contributed by atoms with van der Waals surface area (Å²) in [4.78, 5) is 3.85. The molecule has 1 aromatic heterocycles. The van der Waals surface area contributed by atoms with Crippen molar-refractivity contribution in [1.82, 2.24) is 10.2 Å². The number of rotatable bonds is 3. The minimum Gasteiger partial charge on any atom is -0.373 e. The lowest BCUT2D eigenvalue weighted by Gasteiger charge is -2.38. The Kier molecular flexibility index (Phi) is 3.91. The first-order chi connectivity index (χ1) is 8.78. The summed E-state index contributed by atoms with van der Waals surface area (Å²) in [6.45, 7) is 3.14. The SMILES string of the molecule is CNC(c1ccc(Cl)s1)C1CN2CCCC2CO1. The number of fused-ring (bicyclic) bond motifs is 1. The average molecular weight is 287 g/mol. The normalized spacial score (nSPS) is 30.3. The number of halogens is 1. The van der Waals surface area contributed by atoms with Crippen LogP contribution in [-0.2, 0) is 4.74 Å². The highest BCUT2D eigenvalue weighted by atomic mass is 35.5. The highest BCUT2D eigenvalue weighted by Crippen LogP contribution is 2.33. The van der Waals surface area contributed by atoms with Gasteiger partial charge in [0.15, 0.2) is 0 Å². The summed E-state index contributed by atoms with van der Waals surface area (Å²) < 4.78 is 6.92. The third-order valence-electron chi connectivity index (χ3n) is 4.00. The van der Waals surface area contributed by atoms with Crippen molar-refractivity contribution >= 4 is 22.9 Å². The van der Waals surface area contributed by atoms with Crippen molar-refractivity contribution in [2.24, 2.45) is 0 Å². The molecule has 0 aromatic carbocycles. The van der Waals surface area contributed by atoms with E-state index in [0.717, 1.165) is 17.5 Å². The molecule has 100 valence electrons. The van der Waals surface area contributed by atoms with Gasteiger partial charge in [-0.3, -0.25) is 4.90 Å². The number of likely N-dealkylation sites (N-methyl/N-ethyl adjacent to an activating group) is 1. The minimum absolute atomic E-state index is 0.235. The van der Waals surface area contributed by atoms with Gasteiger partial charge in [-0.05, 0) is 38.6 Å². The van der Waals surface area contributed by atoms with Gasteiger partial charge in [0.2, 0.25) is 0 Å². The molecule has 2 fully saturated rings. The summed E-state index contributed by atoms with van der Waals surface area (Å²) in [5.41, 5.74) is 0. The molecule has 3 unspecified atom stereocenters. The number of thiophene rings is 1. The Labute approximate surface area is 117 Å². The maximum Gasteiger partial charge on any atom is 0.0931 e. The van der Waals surface area contributed by atoms with Gasteiger partial charge in [-0.2, -0.15) is 0 Å². The third kappa shape index (κ3) is 2.45. The Bertz CT molecular complexity index is 411. The van der Waals surface area contributed by atoms with Crippen LogP contribution in [-0.4, -0.2) is 43.8 Å². The second-order valence-corrected chi connectivity index (χ2v) is 6.82. The third-order valence-corrected chi connectivity index (χ3v) is 5.31. The maximum atomic E-state index is 6.07. The Morgan fingerprint density at radius 3 is 3.17 bits per heavy atom. The van der Waals surface area contributed by atoms with Crippen LogP contribution in [0.25, 0.3) is 0 Å². The van der Waals surface area contributed by atoms with Crippen LogP contribution in [0, 0.1) is 0 Å². The van der Waals surface area contributed by atoms with Gasteiger partial charge in [0.25, 0.3) is 0 Å². The first-order valence-electron chi connectivity index (χ1n) is 6.56. The lowest BCUT2D eigenvalue weighted by Crippen LogP contribution is -2.50. The van der Waals surface area contributed by atoms with Gasteiger partial charge in [-0.15, -0.1) is 11.3 Å². The number of hydrogen-bond donors (Lipinski definition) is 1. The molecule has 3 heterocycles. The van der Waals surface area contributed by atoms with Crippen molar-refractivity contribution in [3.05, 3.63) is 21.3 Å². The zero-order chi connectivity index (χ0) is 12.5. The molecule has 3 atom stereocenters. The average Bonchev–Trinajstić information content (AvgIpc) is 2.99. The van der Waals surface area contributed by atoms with E-state index in [4.69, 9.17) is 16.3 Å². The topological polar surface area (TPSA) is 24.5 Å². The van der Waals surface area contributed by atoms with Crippen molar-refractivity contribution < 1.29 is 4.74 Å². The summed E-state index contributed by atoms with van der Waals surface area (Å²) in [5.74, 6) is 0. The van der Waals surface area contributed by atoms with Crippen molar-refractivity contribution in [3.63, 3.8) is 0 Å². The second kappa shape index (κ2) is 5.47. The molecule has 0 saturated carbocycles. The van der Waals surface area contributed by atoms with Gasteiger partial charge in [-0.25, -0.2) is 0 Å². The van der Waals surface area contributed by atoms with Gasteiger partial charge < -0.3 is 10.1 Å². The summed E-state index contributed by atoms with van der Waals surface area (Å²) in [7, 11) is 2.00. The Morgan fingerprint density at radius 1 is 1.56 bits per heavy atom. The van der Waals surface area contributed by atoms with Crippen molar-refractivity contribution in [2.45, 2.75) is 31.0 Å². The zero-order valence-corrected chi connectivity index (χ0v) is 12.1. The number of morpholine rings is 1. The number of hydrogen-bond acceptors (Lipinski definition) is 4. The smallest absolute Gasteiger partial charge is 0.0931 e. The fourth-order valence-corrected chi connectivity index (χ4v) is 4.28. The molecule has 0 radical (unpaired) electrons. The first-order valence-corrected chi connectivity index (χ1v) is 7.75. The Hall–Kier alpha value is -0.130. The molecular weight excluding hydrogens is 268 g/mol. The predicted molar refractivity (Wildman–Crippen MR) is 75.5 cm³/mol. The van der Waals surface area contributed by atoms with E-state index in [1.807, 2.05) is 13.1 Å². The first kappa shape index (κ1) is 12.9. The fourth-order valence-electron chi connectivity index (χ4n) is 3.05. The van der Waals surface area contributed by atoms with Crippen LogP contribution in [0.4, 0.5) is 0 Å². The molecule has 0 aliphatic carbocycles. The van der Waals surface area contributed by atoms with E-state index < -0.39 is 0 Å². The fraction of sp³-hybridized carbons (Fsp3) is 0.692. The zero-order valence-electron chi connectivity index (χ0n) is 10.6. The molecule has 3 nitrogen and oxygen atoms in total. The molecule has 2 aliphatic heterocycles. The summed E-state index contributed by atoms with van der Waals surface area (Å²) in [6, 6.07) is 4.98. The van der Waals surface area contributed by atoms with Gasteiger partial charge in [0.05, 0.1) is 23.1 Å². The van der Waals surface area contributed by atoms with Gasteiger partial charge in [0, 0.05) is 17.5 Å². The van der Waals surface area contributed by atoms with Crippen molar-refractivity contribution in [1.29, 1.82) is 0 Å². The van der Waals surface area contributed by atoms with E-state index in [9.17, 15) is 0 Å². The van der Waals surface area contributed by atoms with E-state index in [-0.39, 0.29) is 12.1 Å². The molecule has 0 amide bonds. The van der Waals surface area contributed by atoms with E-state index >= 15 is 0 Å². The van der Waals surface area contributed by atoms with Crippen LogP contribution in [0.15, 0.2) is 12.1 Å². The largest absolute Gasteiger partial charge is 0.373 e. The lowest BCUT2D eigenvalue weighted by atomic mass is 10.1. The molecule has 1 aromatic rings. The molecule has 3 rings (SSSR count). The lowest BCUT2D eigenvalue weighted by molar-refractivity contribution is -0.0637. The van der Waals surface area contributed by atoms with E-state index in [0.29, 0.717) is 6.04 Å². The Balaban J connectivity index is 1.72. The van der Waals surface area contributed by atoms with Crippen LogP contribution in [0.5, 0.6) is 0 Å². The highest BCUT2D eigenvalue weighted by Gasteiger charge is 2.36. The molecule has 0 spiro atoms. The molecule has 1 N–H and O–H groups in total. The molecule has 2 aliphatic rings. The summed E-state index contributed by atoms with van der Waals surface area (Å²) in [5, 5.41) is 3.38. The van der Waals surface area contributed by atoms with Crippen molar-refractivity contribution in [3.8, 4) is 0 Å². The second-order valence-electron chi connectivity index (χ2n) is 5.07. The highest BCUT2D eigenvalue weighted by molar-refractivity contribution is 7.16. The van der Waals surface area contributed by atoms with Gasteiger partial charge >= 0.3 is 0 Å². The molecule has 0 bridgehead atoms. The minimum atomic E-state index is 0.235. The number of ether oxygens (including phenoxy) is 1. The van der Waals surface area contributed by atoms with Crippen LogP contribution in [0.1, 0.15) is 23.8 Å². The molecule has 5 heteroatoms. The predicted octanol–water partition coefficient (Wildman–Crippen LogP) is 2.53. The monoisotopic (exact) mass is 286 g/mol. The van der Waals surface area contributed by atoms with Crippen LogP contribution >= 0.6 is 22.9 Å². The molecular formula is C13H19ClN2OS. The van der Waals surface area contributed by atoms with Crippen LogP contribution in [0.3, 0.4) is 0 Å². The van der Waals surface area contributed by atoms with E-state index in [1.54, 1.807) is 11.3 Å². The summed E-state index contributed by atoms with van der Waals surface area (Å²) >= 11 is 7.67. The number of nitrogens with zero attached hydrogens (tertiary/aromatic N) is 1. The standard InChI is InChI=1S/C13H19ClN2OS/c1-15-13(11-4-5-12(14)18-11)10-7-16-6-2-3-9(16)8-17-10/h4-5,9-10,13,15H,2-3,6-8H2,1H3.